The van der Waals surface area contributed by atoms with Gasteiger partial charge in [0.25, 0.3) is 0 Å². The average molecular weight is 190 g/mol. The van der Waals surface area contributed by atoms with Crippen LogP contribution in [0.25, 0.3) is 0 Å². The Bertz CT molecular complexity index is 358. The van der Waals surface area contributed by atoms with E-state index in [1.54, 1.807) is 25.3 Å². The summed E-state index contributed by atoms with van der Waals surface area (Å²) >= 11 is 0. The standard InChI is InChI=1S/C10H10N2O2/c1-3-10(13)14-12-8(2)9-6-4-5-7-11-9/h3-7H,1H2,2H3. The van der Waals surface area contributed by atoms with Crippen LogP contribution < -0.4 is 0 Å². The van der Waals surface area contributed by atoms with Crippen LogP contribution in [0.2, 0.25) is 0 Å². The lowest BCUT2D eigenvalue weighted by Crippen LogP contribution is -2.01. The van der Waals surface area contributed by atoms with Gasteiger partial charge in [0, 0.05) is 12.3 Å². The molecule has 0 saturated carbocycles. The van der Waals surface area contributed by atoms with Gasteiger partial charge in [-0.2, -0.15) is 0 Å². The van der Waals surface area contributed by atoms with Crippen LogP contribution in [0.1, 0.15) is 12.6 Å². The molecule has 0 aliphatic heterocycles. The summed E-state index contributed by atoms with van der Waals surface area (Å²) in [6.45, 7) is 4.96. The van der Waals surface area contributed by atoms with Gasteiger partial charge in [0.05, 0.1) is 5.69 Å². The number of rotatable bonds is 3. The molecule has 1 rings (SSSR count). The van der Waals surface area contributed by atoms with E-state index in [0.717, 1.165) is 6.08 Å². The van der Waals surface area contributed by atoms with Crippen LogP contribution in [0.15, 0.2) is 42.2 Å². The molecule has 0 spiro atoms. The zero-order chi connectivity index (χ0) is 10.4. The number of carbonyl (C=O) groups excluding carboxylic acids is 1. The van der Waals surface area contributed by atoms with Gasteiger partial charge in [0.1, 0.15) is 5.71 Å². The topological polar surface area (TPSA) is 51.5 Å². The van der Waals surface area contributed by atoms with Crippen molar-refractivity contribution in [3.05, 3.63) is 42.7 Å². The molecule has 0 aliphatic carbocycles. The summed E-state index contributed by atoms with van der Waals surface area (Å²) in [7, 11) is 0. The van der Waals surface area contributed by atoms with Crippen molar-refractivity contribution in [2.75, 3.05) is 0 Å². The Hall–Kier alpha value is -1.97. The summed E-state index contributed by atoms with van der Waals surface area (Å²) in [5, 5.41) is 3.60. The predicted octanol–water partition coefficient (Wildman–Crippen LogP) is 1.53. The predicted molar refractivity (Wildman–Crippen MR) is 52.7 cm³/mol. The first-order chi connectivity index (χ1) is 6.74. The Kier molecular flexibility index (Phi) is 3.55. The van der Waals surface area contributed by atoms with Crippen molar-refractivity contribution in [3.8, 4) is 0 Å². The lowest BCUT2D eigenvalue weighted by molar-refractivity contribution is -0.137. The van der Waals surface area contributed by atoms with Gasteiger partial charge in [-0.15, -0.1) is 0 Å². The molecule has 0 bridgehead atoms. The molecule has 0 fully saturated rings. The van der Waals surface area contributed by atoms with Crippen molar-refractivity contribution in [1.82, 2.24) is 4.98 Å². The quantitative estimate of drug-likeness (QED) is 0.314. The molecule has 0 aromatic carbocycles. The van der Waals surface area contributed by atoms with Crippen LogP contribution in [-0.2, 0) is 9.63 Å². The van der Waals surface area contributed by atoms with Crippen LogP contribution in [-0.4, -0.2) is 16.7 Å². The van der Waals surface area contributed by atoms with Crippen molar-refractivity contribution in [2.24, 2.45) is 5.16 Å². The number of carbonyl (C=O) groups is 1. The summed E-state index contributed by atoms with van der Waals surface area (Å²) in [5.74, 6) is -0.583. The Morgan fingerprint density at radius 1 is 1.64 bits per heavy atom. The third-order valence-electron chi connectivity index (χ3n) is 1.47. The van der Waals surface area contributed by atoms with Gasteiger partial charge < -0.3 is 4.84 Å². The van der Waals surface area contributed by atoms with Gasteiger partial charge in [0.15, 0.2) is 0 Å². The second kappa shape index (κ2) is 4.91. The smallest absolute Gasteiger partial charge is 0.313 e. The van der Waals surface area contributed by atoms with E-state index in [1.165, 1.54) is 0 Å². The normalized spacial score (nSPS) is 10.8. The van der Waals surface area contributed by atoms with E-state index in [4.69, 9.17) is 0 Å². The number of hydrogen-bond donors (Lipinski definition) is 0. The van der Waals surface area contributed by atoms with E-state index in [0.29, 0.717) is 11.4 Å². The number of pyridine rings is 1. The highest BCUT2D eigenvalue weighted by Crippen LogP contribution is 1.96. The highest BCUT2D eigenvalue weighted by atomic mass is 16.7. The molecule has 0 radical (unpaired) electrons. The van der Waals surface area contributed by atoms with Crippen LogP contribution in [0.3, 0.4) is 0 Å². The first-order valence-corrected chi connectivity index (χ1v) is 4.03. The molecule has 0 unspecified atom stereocenters. The van der Waals surface area contributed by atoms with E-state index in [1.807, 2.05) is 6.07 Å². The maximum Gasteiger partial charge on any atom is 0.358 e. The molecule has 0 atom stereocenters. The van der Waals surface area contributed by atoms with Crippen molar-refractivity contribution in [2.45, 2.75) is 6.92 Å². The molecule has 14 heavy (non-hydrogen) atoms. The fraction of sp³-hybridized carbons (Fsp3) is 0.100. The summed E-state index contributed by atoms with van der Waals surface area (Å²) in [4.78, 5) is 19.2. The molecule has 1 heterocycles. The monoisotopic (exact) mass is 190 g/mol. The number of oxime groups is 1. The summed E-state index contributed by atoms with van der Waals surface area (Å²) in [6, 6.07) is 5.41. The van der Waals surface area contributed by atoms with Gasteiger partial charge in [-0.1, -0.05) is 17.8 Å². The minimum atomic E-state index is -0.583. The Balaban J connectivity index is 2.70. The van der Waals surface area contributed by atoms with E-state index in [9.17, 15) is 4.79 Å². The summed E-state index contributed by atoms with van der Waals surface area (Å²) < 4.78 is 0. The molecule has 0 saturated heterocycles. The van der Waals surface area contributed by atoms with Crippen molar-refractivity contribution >= 4 is 11.7 Å². The van der Waals surface area contributed by atoms with Crippen LogP contribution >= 0.6 is 0 Å². The molecule has 4 nitrogen and oxygen atoms in total. The van der Waals surface area contributed by atoms with Gasteiger partial charge in [-0.25, -0.2) is 4.79 Å². The minimum absolute atomic E-state index is 0.542. The van der Waals surface area contributed by atoms with E-state index in [2.05, 4.69) is 21.6 Å². The second-order valence-electron chi connectivity index (χ2n) is 2.51. The summed E-state index contributed by atoms with van der Waals surface area (Å²) in [5.41, 5.74) is 1.21. The Morgan fingerprint density at radius 3 is 3.00 bits per heavy atom. The number of aromatic nitrogens is 1. The maximum absolute atomic E-state index is 10.7. The molecule has 72 valence electrons. The highest BCUT2D eigenvalue weighted by Gasteiger charge is 1.99. The molecule has 0 amide bonds. The van der Waals surface area contributed by atoms with Gasteiger partial charge in [-0.05, 0) is 19.1 Å². The highest BCUT2D eigenvalue weighted by molar-refractivity contribution is 5.97. The molecule has 0 N–H and O–H groups in total. The Morgan fingerprint density at radius 2 is 2.43 bits per heavy atom. The van der Waals surface area contributed by atoms with Gasteiger partial charge in [-0.3, -0.25) is 4.98 Å². The van der Waals surface area contributed by atoms with Crippen molar-refractivity contribution in [1.29, 1.82) is 0 Å². The van der Waals surface area contributed by atoms with E-state index in [-0.39, 0.29) is 0 Å². The first-order valence-electron chi connectivity index (χ1n) is 4.03. The molecule has 4 heteroatoms. The summed E-state index contributed by atoms with van der Waals surface area (Å²) in [6.07, 6.45) is 2.69. The van der Waals surface area contributed by atoms with Crippen molar-refractivity contribution < 1.29 is 9.63 Å². The largest absolute Gasteiger partial charge is 0.358 e. The van der Waals surface area contributed by atoms with E-state index < -0.39 is 5.97 Å². The minimum Gasteiger partial charge on any atom is -0.313 e. The van der Waals surface area contributed by atoms with Crippen LogP contribution in [0.5, 0.6) is 0 Å². The fourth-order valence-electron chi connectivity index (χ4n) is 0.774. The van der Waals surface area contributed by atoms with Crippen LogP contribution in [0.4, 0.5) is 0 Å². The molecular weight excluding hydrogens is 180 g/mol. The second-order valence-corrected chi connectivity index (χ2v) is 2.51. The average Bonchev–Trinajstić information content (AvgIpc) is 2.26. The Labute approximate surface area is 81.9 Å². The number of nitrogens with zero attached hydrogens (tertiary/aromatic N) is 2. The SMILES string of the molecule is C=CC(=O)ON=C(C)c1ccccn1. The lowest BCUT2D eigenvalue weighted by Gasteiger charge is -1.97. The molecule has 1 aromatic rings. The lowest BCUT2D eigenvalue weighted by atomic mass is 10.3. The number of hydrogen-bond acceptors (Lipinski definition) is 4. The first kappa shape index (κ1) is 10.1. The molecular formula is C10H10N2O2. The van der Waals surface area contributed by atoms with E-state index >= 15 is 0 Å². The van der Waals surface area contributed by atoms with Gasteiger partial charge in [0.2, 0.25) is 0 Å². The maximum atomic E-state index is 10.7. The molecule has 1 aromatic heterocycles. The van der Waals surface area contributed by atoms with Crippen LogP contribution in [0, 0.1) is 0 Å². The van der Waals surface area contributed by atoms with Gasteiger partial charge >= 0.3 is 5.97 Å². The third kappa shape index (κ3) is 2.82. The zero-order valence-electron chi connectivity index (χ0n) is 7.80. The van der Waals surface area contributed by atoms with Crippen molar-refractivity contribution in [3.63, 3.8) is 0 Å². The third-order valence-corrected chi connectivity index (χ3v) is 1.47. The molecule has 0 aliphatic rings. The fourth-order valence-corrected chi connectivity index (χ4v) is 0.774. The zero-order valence-corrected chi connectivity index (χ0v) is 7.80.